The summed E-state index contributed by atoms with van der Waals surface area (Å²) in [7, 11) is -3.20. The van der Waals surface area contributed by atoms with Gasteiger partial charge in [0.1, 0.15) is 5.82 Å². The molecule has 1 N–H and O–H groups in total. The molecule has 0 aliphatic rings. The second-order valence-corrected chi connectivity index (χ2v) is 20.0. The Kier molecular flexibility index (Phi) is 7.04. The van der Waals surface area contributed by atoms with Crippen LogP contribution in [0.2, 0.25) is 39.3 Å². The molecule has 160 valence electrons. The smallest absolute Gasteiger partial charge is 0.331 e. The lowest BCUT2D eigenvalue weighted by Gasteiger charge is -2.24. The van der Waals surface area contributed by atoms with Gasteiger partial charge in [-0.1, -0.05) is 80.0 Å². The Balaban J connectivity index is 2.37. The lowest BCUT2D eigenvalue weighted by Crippen LogP contribution is -2.45. The largest absolute Gasteiger partial charge is 0.478 e. The molecule has 0 aromatic heterocycles. The van der Waals surface area contributed by atoms with E-state index >= 15 is 0 Å². The molecule has 0 radical (unpaired) electrons. The van der Waals surface area contributed by atoms with Crippen molar-refractivity contribution in [3.63, 3.8) is 0 Å². The summed E-state index contributed by atoms with van der Waals surface area (Å²) in [6.45, 7) is 15.0. The zero-order valence-corrected chi connectivity index (χ0v) is 20.9. The first-order valence-corrected chi connectivity index (χ1v) is 17.1. The Morgan fingerprint density at radius 2 is 1.47 bits per heavy atom. The van der Waals surface area contributed by atoms with Crippen molar-refractivity contribution >= 4 is 44.3 Å². The van der Waals surface area contributed by atoms with Gasteiger partial charge in [0, 0.05) is 23.1 Å². The number of benzene rings is 2. The molecule has 0 unspecified atom stereocenters. The number of Topliss-reactive ketones (excluding diaryl/α,β-unsaturated/α-hetero) is 1. The summed E-state index contributed by atoms with van der Waals surface area (Å²) in [4.78, 5) is 24.0. The number of hydrogen-bond donors (Lipinski definition) is 1. The summed E-state index contributed by atoms with van der Waals surface area (Å²) >= 11 is 0. The SMILES string of the molecule is C/C(=C\c1ccc(CC(=O)c2cc([Si](C)(C)C)cc([Si](C)(C)C)c2)cc1F)C(=O)O. The Morgan fingerprint density at radius 1 is 0.933 bits per heavy atom. The third kappa shape index (κ3) is 6.09. The maximum atomic E-state index is 14.4. The highest BCUT2D eigenvalue weighted by molar-refractivity contribution is 6.91. The van der Waals surface area contributed by atoms with Gasteiger partial charge >= 0.3 is 5.97 Å². The second kappa shape index (κ2) is 8.82. The van der Waals surface area contributed by atoms with E-state index < -0.39 is 27.9 Å². The minimum atomic E-state index is -1.60. The highest BCUT2D eigenvalue weighted by atomic mass is 28.3. The molecule has 0 atom stereocenters. The summed E-state index contributed by atoms with van der Waals surface area (Å²) in [6.07, 6.45) is 1.40. The summed E-state index contributed by atoms with van der Waals surface area (Å²) in [5.74, 6) is -1.65. The van der Waals surface area contributed by atoms with E-state index in [0.29, 0.717) is 11.1 Å². The van der Waals surface area contributed by atoms with Gasteiger partial charge in [-0.05, 0) is 24.6 Å². The van der Waals surface area contributed by atoms with Crippen molar-refractivity contribution in [3.05, 3.63) is 64.5 Å². The predicted molar refractivity (Wildman–Crippen MR) is 128 cm³/mol. The van der Waals surface area contributed by atoms with Crippen LogP contribution in [-0.2, 0) is 11.2 Å². The molecule has 0 heterocycles. The fraction of sp³-hybridized carbons (Fsp3) is 0.333. The van der Waals surface area contributed by atoms with Crippen LogP contribution in [0.3, 0.4) is 0 Å². The summed E-state index contributed by atoms with van der Waals surface area (Å²) in [5.41, 5.74) is 1.53. The third-order valence-electron chi connectivity index (χ3n) is 5.13. The van der Waals surface area contributed by atoms with Crippen molar-refractivity contribution in [1.29, 1.82) is 0 Å². The first kappa shape index (κ1) is 24.0. The van der Waals surface area contributed by atoms with Gasteiger partial charge in [0.25, 0.3) is 0 Å². The van der Waals surface area contributed by atoms with E-state index in [1.54, 1.807) is 6.07 Å². The lowest BCUT2D eigenvalue weighted by molar-refractivity contribution is -0.132. The van der Waals surface area contributed by atoms with Crippen molar-refractivity contribution < 1.29 is 19.1 Å². The van der Waals surface area contributed by atoms with Crippen LogP contribution in [0.15, 0.2) is 42.0 Å². The van der Waals surface area contributed by atoms with E-state index in [4.69, 9.17) is 5.11 Å². The van der Waals surface area contributed by atoms with E-state index in [1.807, 2.05) is 12.1 Å². The van der Waals surface area contributed by atoms with Crippen LogP contribution < -0.4 is 10.4 Å². The van der Waals surface area contributed by atoms with Gasteiger partial charge in [-0.3, -0.25) is 4.79 Å². The topological polar surface area (TPSA) is 54.4 Å². The van der Waals surface area contributed by atoms with Crippen LogP contribution in [-0.4, -0.2) is 33.0 Å². The molecule has 0 aliphatic carbocycles. The maximum absolute atomic E-state index is 14.4. The van der Waals surface area contributed by atoms with Gasteiger partial charge in [0.05, 0.1) is 16.1 Å². The fourth-order valence-corrected chi connectivity index (χ4v) is 5.53. The Morgan fingerprint density at radius 3 is 1.90 bits per heavy atom. The maximum Gasteiger partial charge on any atom is 0.331 e. The molecule has 0 spiro atoms. The van der Waals surface area contributed by atoms with Crippen LogP contribution in [0.5, 0.6) is 0 Å². The molecule has 0 saturated carbocycles. The van der Waals surface area contributed by atoms with Gasteiger partial charge in [0.15, 0.2) is 5.78 Å². The fourth-order valence-electron chi connectivity index (χ4n) is 3.03. The van der Waals surface area contributed by atoms with Crippen molar-refractivity contribution in [2.75, 3.05) is 0 Å². The number of carboxylic acids is 1. The normalized spacial score (nSPS) is 12.7. The van der Waals surface area contributed by atoms with Crippen LogP contribution >= 0.6 is 0 Å². The predicted octanol–water partition coefficient (Wildman–Crippen LogP) is 4.83. The molecular formula is C24H31FO3Si2. The van der Waals surface area contributed by atoms with Gasteiger partial charge in [0.2, 0.25) is 0 Å². The molecule has 0 saturated heterocycles. The minimum absolute atomic E-state index is 0.0287. The van der Waals surface area contributed by atoms with Crippen LogP contribution in [0.1, 0.15) is 28.4 Å². The molecule has 0 amide bonds. The molecule has 30 heavy (non-hydrogen) atoms. The second-order valence-electron chi connectivity index (χ2n) is 9.89. The quantitative estimate of drug-likeness (QED) is 0.380. The van der Waals surface area contributed by atoms with Crippen molar-refractivity contribution in [2.24, 2.45) is 0 Å². The average molecular weight is 443 g/mol. The first-order valence-electron chi connectivity index (χ1n) is 10.1. The van der Waals surface area contributed by atoms with Crippen LogP contribution in [0.25, 0.3) is 6.08 Å². The number of halogens is 1. The van der Waals surface area contributed by atoms with Gasteiger partial charge < -0.3 is 5.11 Å². The summed E-state index contributed by atoms with van der Waals surface area (Å²) < 4.78 is 14.4. The monoisotopic (exact) mass is 442 g/mol. The highest BCUT2D eigenvalue weighted by Gasteiger charge is 2.24. The molecule has 0 fully saturated rings. The Labute approximate surface area is 180 Å². The molecule has 3 nitrogen and oxygen atoms in total. The molecule has 0 aliphatic heterocycles. The molecular weight excluding hydrogens is 411 g/mol. The molecule has 2 aromatic carbocycles. The zero-order valence-electron chi connectivity index (χ0n) is 18.9. The number of hydrogen-bond acceptors (Lipinski definition) is 2. The van der Waals surface area contributed by atoms with Gasteiger partial charge in [-0.2, -0.15) is 0 Å². The Bertz CT molecular complexity index is 980. The standard InChI is InChI=1S/C24H31FO3Si2/c1-16(24(27)28)10-18-9-8-17(11-22(18)25)12-23(26)19-13-20(29(2,3)4)15-21(14-19)30(5,6)7/h8-11,13-15H,12H2,1-7H3,(H,27,28)/b16-10+. The van der Waals surface area contributed by atoms with Crippen LogP contribution in [0, 0.1) is 5.82 Å². The van der Waals surface area contributed by atoms with E-state index in [1.165, 1.54) is 35.5 Å². The van der Waals surface area contributed by atoms with Crippen molar-refractivity contribution in [1.82, 2.24) is 0 Å². The van der Waals surface area contributed by atoms with E-state index in [0.717, 1.165) is 0 Å². The lowest BCUT2D eigenvalue weighted by atomic mass is 10.0. The first-order chi connectivity index (χ1) is 13.7. The van der Waals surface area contributed by atoms with Gasteiger partial charge in [-0.25, -0.2) is 9.18 Å². The van der Waals surface area contributed by atoms with Gasteiger partial charge in [-0.15, -0.1) is 0 Å². The molecule has 0 bridgehead atoms. The highest BCUT2D eigenvalue weighted by Crippen LogP contribution is 2.17. The minimum Gasteiger partial charge on any atom is -0.478 e. The van der Waals surface area contributed by atoms with E-state index in [-0.39, 0.29) is 23.3 Å². The van der Waals surface area contributed by atoms with Crippen LogP contribution in [0.4, 0.5) is 4.39 Å². The summed E-state index contributed by atoms with van der Waals surface area (Å²) in [5, 5.41) is 11.5. The molecule has 6 heteroatoms. The van der Waals surface area contributed by atoms with E-state index in [9.17, 15) is 14.0 Å². The zero-order chi connectivity index (χ0) is 22.9. The average Bonchev–Trinajstić information content (AvgIpc) is 2.61. The number of carboxylic acid groups (broad SMARTS) is 1. The molecule has 2 rings (SSSR count). The number of carbonyl (C=O) groups is 2. The third-order valence-corrected chi connectivity index (χ3v) is 9.17. The van der Waals surface area contributed by atoms with Crippen molar-refractivity contribution in [3.8, 4) is 0 Å². The number of aliphatic carboxylic acids is 1. The summed E-state index contributed by atoms with van der Waals surface area (Å²) in [6, 6.07) is 10.8. The number of rotatable bonds is 7. The Hall–Kier alpha value is -2.32. The molecule has 2 aromatic rings. The number of carbonyl (C=O) groups excluding carboxylic acids is 1. The number of ketones is 1. The van der Waals surface area contributed by atoms with E-state index in [2.05, 4.69) is 45.3 Å². The van der Waals surface area contributed by atoms with Crippen molar-refractivity contribution in [2.45, 2.75) is 52.6 Å².